The van der Waals surface area contributed by atoms with E-state index in [-0.39, 0.29) is 22.6 Å². The van der Waals surface area contributed by atoms with Crippen LogP contribution < -0.4 is 10.5 Å². The first-order valence-corrected chi connectivity index (χ1v) is 5.23. The molecule has 5 heteroatoms. The zero-order valence-corrected chi connectivity index (χ0v) is 10.5. The molecule has 0 aliphatic heterocycles. The molecule has 0 radical (unpaired) electrons. The molecule has 0 fully saturated rings. The van der Waals surface area contributed by atoms with E-state index in [9.17, 15) is 14.7 Å². The summed E-state index contributed by atoms with van der Waals surface area (Å²) in [5.41, 5.74) is 6.92. The van der Waals surface area contributed by atoms with Gasteiger partial charge in [0.1, 0.15) is 11.3 Å². The predicted octanol–water partition coefficient (Wildman–Crippen LogP) is 1.96. The number of carbonyl (C=O) groups excluding carboxylic acids is 1. The van der Waals surface area contributed by atoms with Gasteiger partial charge in [0.25, 0.3) is 0 Å². The summed E-state index contributed by atoms with van der Waals surface area (Å²) in [6, 6.07) is 0. The predicted molar refractivity (Wildman–Crippen MR) is 68.4 cm³/mol. The molecule has 3 N–H and O–H groups in total. The van der Waals surface area contributed by atoms with Crippen molar-refractivity contribution in [2.45, 2.75) is 13.8 Å². The van der Waals surface area contributed by atoms with Gasteiger partial charge in [0.15, 0.2) is 5.78 Å². The molecule has 0 aromatic heterocycles. The van der Waals surface area contributed by atoms with E-state index < -0.39 is 11.8 Å². The van der Waals surface area contributed by atoms with Gasteiger partial charge in [-0.15, -0.1) is 0 Å². The van der Waals surface area contributed by atoms with Crippen LogP contribution in [0.2, 0.25) is 0 Å². The first-order valence-electron chi connectivity index (χ1n) is 5.23. The molecule has 0 aliphatic carbocycles. The van der Waals surface area contributed by atoms with Crippen LogP contribution in [0.25, 0.3) is 0 Å². The second kappa shape index (κ2) is 4.91. The molecule has 0 amide bonds. The molecule has 0 spiro atoms. The fourth-order valence-corrected chi connectivity index (χ4v) is 1.81. The van der Waals surface area contributed by atoms with Crippen molar-refractivity contribution in [2.75, 3.05) is 12.8 Å². The molecule has 1 aromatic carbocycles. The van der Waals surface area contributed by atoms with Gasteiger partial charge in [0, 0.05) is 5.69 Å². The standard InChI is InChI=1S/C13H15NO4/c1-5-8(15)9-10(13(16)17)12(18-4)7(3)6(2)11(9)14/h5H,1,14H2,2-4H3,(H,16,17). The van der Waals surface area contributed by atoms with Gasteiger partial charge in [0.05, 0.1) is 12.7 Å². The lowest BCUT2D eigenvalue weighted by Gasteiger charge is -2.17. The smallest absolute Gasteiger partial charge is 0.340 e. The third kappa shape index (κ3) is 1.95. The number of rotatable bonds is 4. The molecule has 0 bridgehead atoms. The average molecular weight is 249 g/mol. The summed E-state index contributed by atoms with van der Waals surface area (Å²) in [7, 11) is 1.35. The molecular formula is C13H15NO4. The normalized spacial score (nSPS) is 9.94. The summed E-state index contributed by atoms with van der Waals surface area (Å²) in [4.78, 5) is 23.1. The summed E-state index contributed by atoms with van der Waals surface area (Å²) in [5, 5.41) is 9.24. The van der Waals surface area contributed by atoms with Crippen molar-refractivity contribution in [3.8, 4) is 5.75 Å². The Hall–Kier alpha value is -2.30. The number of nitrogen functional groups attached to an aromatic ring is 1. The number of ether oxygens (including phenoxy) is 1. The van der Waals surface area contributed by atoms with Gasteiger partial charge in [-0.1, -0.05) is 6.58 Å². The van der Waals surface area contributed by atoms with E-state index in [4.69, 9.17) is 10.5 Å². The lowest BCUT2D eigenvalue weighted by molar-refractivity contribution is 0.0689. The van der Waals surface area contributed by atoms with E-state index in [1.807, 2.05) is 0 Å². The maximum Gasteiger partial charge on any atom is 0.340 e. The molecule has 0 saturated carbocycles. The summed E-state index contributed by atoms with van der Waals surface area (Å²) >= 11 is 0. The number of aromatic carboxylic acids is 1. The van der Waals surface area contributed by atoms with E-state index in [2.05, 4.69) is 6.58 Å². The average Bonchev–Trinajstić information content (AvgIpc) is 2.34. The van der Waals surface area contributed by atoms with Crippen molar-refractivity contribution in [2.24, 2.45) is 0 Å². The van der Waals surface area contributed by atoms with Gasteiger partial charge < -0.3 is 15.6 Å². The third-order valence-electron chi connectivity index (χ3n) is 2.90. The minimum atomic E-state index is -1.26. The van der Waals surface area contributed by atoms with Crippen LogP contribution in [0.1, 0.15) is 31.8 Å². The van der Waals surface area contributed by atoms with Crippen LogP contribution in [0.15, 0.2) is 12.7 Å². The number of nitrogens with two attached hydrogens (primary N) is 1. The van der Waals surface area contributed by atoms with Gasteiger partial charge in [-0.3, -0.25) is 4.79 Å². The van der Waals surface area contributed by atoms with Crippen molar-refractivity contribution in [3.63, 3.8) is 0 Å². The fourth-order valence-electron chi connectivity index (χ4n) is 1.81. The highest BCUT2D eigenvalue weighted by molar-refractivity contribution is 6.16. The molecule has 1 aromatic rings. The fraction of sp³-hybridized carbons (Fsp3) is 0.231. The molecular weight excluding hydrogens is 234 g/mol. The van der Waals surface area contributed by atoms with Gasteiger partial charge in [-0.05, 0) is 31.1 Å². The molecule has 1 rings (SSSR count). The maximum absolute atomic E-state index is 11.8. The van der Waals surface area contributed by atoms with E-state index in [1.54, 1.807) is 13.8 Å². The number of hydrogen-bond acceptors (Lipinski definition) is 4. The Balaban J connectivity index is 3.88. The number of anilines is 1. The number of hydrogen-bond donors (Lipinski definition) is 2. The monoisotopic (exact) mass is 249 g/mol. The van der Waals surface area contributed by atoms with Crippen LogP contribution in [-0.2, 0) is 0 Å². The van der Waals surface area contributed by atoms with Crippen LogP contribution >= 0.6 is 0 Å². The van der Waals surface area contributed by atoms with Crippen molar-refractivity contribution < 1.29 is 19.4 Å². The Kier molecular flexibility index (Phi) is 3.76. The van der Waals surface area contributed by atoms with Gasteiger partial charge in [-0.25, -0.2) is 4.79 Å². The third-order valence-corrected chi connectivity index (χ3v) is 2.90. The lowest BCUT2D eigenvalue weighted by Crippen LogP contribution is -2.15. The van der Waals surface area contributed by atoms with Gasteiger partial charge in [-0.2, -0.15) is 0 Å². The molecule has 18 heavy (non-hydrogen) atoms. The van der Waals surface area contributed by atoms with Crippen molar-refractivity contribution in [3.05, 3.63) is 34.9 Å². The minimum Gasteiger partial charge on any atom is -0.496 e. The first-order chi connectivity index (χ1) is 8.36. The van der Waals surface area contributed by atoms with E-state index in [1.165, 1.54) is 7.11 Å². The Bertz CT molecular complexity index is 547. The molecule has 0 unspecified atom stereocenters. The molecule has 0 heterocycles. The number of ketones is 1. The zero-order chi connectivity index (χ0) is 14.0. The quantitative estimate of drug-likeness (QED) is 0.483. The Morgan fingerprint density at radius 3 is 2.22 bits per heavy atom. The highest BCUT2D eigenvalue weighted by Crippen LogP contribution is 2.35. The van der Waals surface area contributed by atoms with Gasteiger partial charge in [0.2, 0.25) is 0 Å². The van der Waals surface area contributed by atoms with Crippen LogP contribution in [0.3, 0.4) is 0 Å². The van der Waals surface area contributed by atoms with Crippen LogP contribution in [0, 0.1) is 13.8 Å². The number of allylic oxidation sites excluding steroid dienone is 1. The number of carboxylic acids is 1. The van der Waals surface area contributed by atoms with Crippen molar-refractivity contribution in [1.29, 1.82) is 0 Å². The topological polar surface area (TPSA) is 89.6 Å². The summed E-state index contributed by atoms with van der Waals surface area (Å²) < 4.78 is 5.09. The number of benzene rings is 1. The van der Waals surface area contributed by atoms with Crippen molar-refractivity contribution >= 4 is 17.4 Å². The van der Waals surface area contributed by atoms with Crippen LogP contribution in [0.4, 0.5) is 5.69 Å². The number of carboxylic acid groups (broad SMARTS) is 1. The Labute approximate surface area is 105 Å². The molecule has 96 valence electrons. The van der Waals surface area contributed by atoms with Crippen molar-refractivity contribution in [1.82, 2.24) is 0 Å². The van der Waals surface area contributed by atoms with Crippen LogP contribution in [-0.4, -0.2) is 24.0 Å². The lowest BCUT2D eigenvalue weighted by atomic mass is 9.93. The number of methoxy groups -OCH3 is 1. The molecule has 0 aliphatic rings. The zero-order valence-electron chi connectivity index (χ0n) is 10.5. The summed E-state index contributed by atoms with van der Waals surface area (Å²) in [5.74, 6) is -1.64. The SMILES string of the molecule is C=CC(=O)c1c(N)c(C)c(C)c(OC)c1C(=O)O. The van der Waals surface area contributed by atoms with Gasteiger partial charge >= 0.3 is 5.97 Å². The second-order valence-corrected chi connectivity index (χ2v) is 3.82. The molecule has 5 nitrogen and oxygen atoms in total. The Morgan fingerprint density at radius 2 is 1.83 bits per heavy atom. The summed E-state index contributed by atoms with van der Waals surface area (Å²) in [6.45, 7) is 6.75. The summed E-state index contributed by atoms with van der Waals surface area (Å²) in [6.07, 6.45) is 1.03. The highest BCUT2D eigenvalue weighted by atomic mass is 16.5. The Morgan fingerprint density at radius 1 is 1.28 bits per heavy atom. The largest absolute Gasteiger partial charge is 0.496 e. The first kappa shape index (κ1) is 13.8. The van der Waals surface area contributed by atoms with E-state index >= 15 is 0 Å². The molecule has 0 atom stereocenters. The molecule has 0 saturated heterocycles. The minimum absolute atomic E-state index is 0.0718. The van der Waals surface area contributed by atoms with E-state index in [0.717, 1.165) is 6.08 Å². The van der Waals surface area contributed by atoms with Crippen LogP contribution in [0.5, 0.6) is 5.75 Å². The maximum atomic E-state index is 11.8. The second-order valence-electron chi connectivity index (χ2n) is 3.82. The van der Waals surface area contributed by atoms with E-state index in [0.29, 0.717) is 11.1 Å². The number of carbonyl (C=O) groups is 2. The highest BCUT2D eigenvalue weighted by Gasteiger charge is 2.26.